The molecule has 0 spiro atoms. The maximum absolute atomic E-state index is 12.3. The number of hydrogen-bond donors (Lipinski definition) is 3. The van der Waals surface area contributed by atoms with Crippen LogP contribution >= 0.6 is 11.6 Å². The topological polar surface area (TPSA) is 108 Å². The molecular weight excluding hydrogens is 422 g/mol. The molecule has 1 heterocycles. The second kappa shape index (κ2) is 10.3. The number of ether oxygens (including phenoxy) is 1. The van der Waals surface area contributed by atoms with Crippen molar-refractivity contribution < 1.29 is 24.2 Å². The summed E-state index contributed by atoms with van der Waals surface area (Å²) in [5.41, 5.74) is 1.27. The number of carbonyl (C=O) groups excluding carboxylic acids is 3. The summed E-state index contributed by atoms with van der Waals surface area (Å²) in [4.78, 5) is 38.0. The summed E-state index contributed by atoms with van der Waals surface area (Å²) in [7, 11) is 0. The molecule has 1 saturated heterocycles. The summed E-state index contributed by atoms with van der Waals surface area (Å²) < 4.78 is 5.49. The molecule has 0 radical (unpaired) electrons. The second-order valence-electron chi connectivity index (χ2n) is 7.34. The molecule has 3 rings (SSSR count). The highest BCUT2D eigenvalue weighted by Gasteiger charge is 2.35. The van der Waals surface area contributed by atoms with Crippen molar-refractivity contribution in [1.29, 1.82) is 0 Å². The number of carbonyl (C=O) groups is 3. The summed E-state index contributed by atoms with van der Waals surface area (Å²) in [6.45, 7) is 1.84. The van der Waals surface area contributed by atoms with Crippen LogP contribution in [-0.4, -0.2) is 48.6 Å². The zero-order valence-electron chi connectivity index (χ0n) is 17.0. The molecule has 1 aliphatic rings. The number of amides is 3. The summed E-state index contributed by atoms with van der Waals surface area (Å²) in [6, 6.07) is 13.5. The Kier molecular flexibility index (Phi) is 7.49. The molecule has 2 aromatic rings. The number of rotatable bonds is 8. The fraction of sp³-hybridized carbons (Fsp3) is 0.318. The van der Waals surface area contributed by atoms with Crippen molar-refractivity contribution in [1.82, 2.24) is 5.32 Å². The van der Waals surface area contributed by atoms with Gasteiger partial charge in [0.05, 0.1) is 12.0 Å². The Labute approximate surface area is 185 Å². The number of benzene rings is 2. The van der Waals surface area contributed by atoms with Gasteiger partial charge in [-0.25, -0.2) is 0 Å². The number of anilines is 2. The van der Waals surface area contributed by atoms with Crippen molar-refractivity contribution in [2.24, 2.45) is 5.92 Å². The van der Waals surface area contributed by atoms with Crippen molar-refractivity contribution in [2.45, 2.75) is 19.4 Å². The summed E-state index contributed by atoms with van der Waals surface area (Å²) in [5, 5.41) is 15.2. The van der Waals surface area contributed by atoms with Gasteiger partial charge in [0, 0.05) is 35.9 Å². The normalized spacial score (nSPS) is 16.7. The highest BCUT2D eigenvalue weighted by atomic mass is 35.5. The Bertz CT molecular complexity index is 931. The highest BCUT2D eigenvalue weighted by molar-refractivity contribution is 6.30. The molecule has 9 heteroatoms. The van der Waals surface area contributed by atoms with E-state index >= 15 is 0 Å². The molecule has 0 aliphatic carbocycles. The van der Waals surface area contributed by atoms with Crippen molar-refractivity contribution in [3.05, 3.63) is 53.6 Å². The van der Waals surface area contributed by atoms with Crippen LogP contribution < -0.4 is 20.3 Å². The van der Waals surface area contributed by atoms with Crippen LogP contribution in [0.1, 0.15) is 13.3 Å². The molecule has 164 valence electrons. The number of hydrogen-bond acceptors (Lipinski definition) is 5. The van der Waals surface area contributed by atoms with E-state index in [4.69, 9.17) is 16.3 Å². The Balaban J connectivity index is 1.50. The summed E-state index contributed by atoms with van der Waals surface area (Å²) in [5.74, 6) is -0.685. The molecule has 2 aromatic carbocycles. The van der Waals surface area contributed by atoms with E-state index in [-0.39, 0.29) is 43.8 Å². The third kappa shape index (κ3) is 6.44. The first-order chi connectivity index (χ1) is 14.8. The van der Waals surface area contributed by atoms with Crippen molar-refractivity contribution >= 4 is 40.7 Å². The smallest absolute Gasteiger partial charge is 0.262 e. The first-order valence-electron chi connectivity index (χ1n) is 9.86. The molecule has 8 nitrogen and oxygen atoms in total. The lowest BCUT2D eigenvalue weighted by atomic mass is 10.1. The summed E-state index contributed by atoms with van der Waals surface area (Å²) >= 11 is 5.82. The number of nitrogens with zero attached hydrogens (tertiary/aromatic N) is 1. The molecule has 31 heavy (non-hydrogen) atoms. The van der Waals surface area contributed by atoms with E-state index in [0.717, 1.165) is 0 Å². The van der Waals surface area contributed by atoms with Crippen LogP contribution in [0.25, 0.3) is 0 Å². The molecule has 0 unspecified atom stereocenters. The summed E-state index contributed by atoms with van der Waals surface area (Å²) in [6.07, 6.45) is -0.521. The van der Waals surface area contributed by atoms with E-state index in [0.29, 0.717) is 22.1 Å². The predicted molar refractivity (Wildman–Crippen MR) is 117 cm³/mol. The quantitative estimate of drug-likeness (QED) is 0.577. The molecule has 3 N–H and O–H groups in total. The lowest BCUT2D eigenvalue weighted by molar-refractivity contribution is -0.126. The Hall–Kier alpha value is -3.10. The Morgan fingerprint density at radius 3 is 2.52 bits per heavy atom. The fourth-order valence-electron chi connectivity index (χ4n) is 3.13. The van der Waals surface area contributed by atoms with Crippen molar-refractivity contribution in [2.75, 3.05) is 29.9 Å². The van der Waals surface area contributed by atoms with Gasteiger partial charge in [-0.3, -0.25) is 14.4 Å². The lowest BCUT2D eigenvalue weighted by Gasteiger charge is -2.17. The SMILES string of the molecule is C[C@H](O)CNC(=O)[C@@H]1CC(=O)N(c2ccc(OCC(=O)Nc3ccc(Cl)cc3)cc2)C1. The van der Waals surface area contributed by atoms with Gasteiger partial charge in [0.1, 0.15) is 5.75 Å². The van der Waals surface area contributed by atoms with Gasteiger partial charge < -0.3 is 25.4 Å². The van der Waals surface area contributed by atoms with E-state index in [1.165, 1.54) is 0 Å². The maximum atomic E-state index is 12.3. The van der Waals surface area contributed by atoms with Gasteiger partial charge in [-0.15, -0.1) is 0 Å². The molecule has 3 amide bonds. The molecule has 2 atom stereocenters. The highest BCUT2D eigenvalue weighted by Crippen LogP contribution is 2.27. The lowest BCUT2D eigenvalue weighted by Crippen LogP contribution is -2.36. The van der Waals surface area contributed by atoms with E-state index in [1.54, 1.807) is 60.4 Å². The molecule has 1 aliphatic heterocycles. The fourth-order valence-corrected chi connectivity index (χ4v) is 3.25. The van der Waals surface area contributed by atoms with E-state index < -0.39 is 12.0 Å². The first-order valence-corrected chi connectivity index (χ1v) is 10.2. The van der Waals surface area contributed by atoms with Crippen LogP contribution in [0.4, 0.5) is 11.4 Å². The number of nitrogens with one attached hydrogen (secondary N) is 2. The van der Waals surface area contributed by atoms with Crippen LogP contribution in [-0.2, 0) is 14.4 Å². The molecule has 1 fully saturated rings. The number of halogens is 1. The third-order valence-electron chi connectivity index (χ3n) is 4.71. The minimum Gasteiger partial charge on any atom is -0.484 e. The second-order valence-corrected chi connectivity index (χ2v) is 7.77. The van der Waals surface area contributed by atoms with E-state index in [9.17, 15) is 19.5 Å². The Morgan fingerprint density at radius 2 is 1.87 bits per heavy atom. The van der Waals surface area contributed by atoms with Crippen LogP contribution in [0, 0.1) is 5.92 Å². The van der Waals surface area contributed by atoms with Gasteiger partial charge in [0.25, 0.3) is 5.91 Å². The monoisotopic (exact) mass is 445 g/mol. The van der Waals surface area contributed by atoms with E-state index in [1.807, 2.05) is 0 Å². The van der Waals surface area contributed by atoms with E-state index in [2.05, 4.69) is 10.6 Å². The minimum atomic E-state index is -0.641. The molecule has 0 bridgehead atoms. The molecular formula is C22H24ClN3O5. The first kappa shape index (κ1) is 22.6. The third-order valence-corrected chi connectivity index (χ3v) is 4.97. The average molecular weight is 446 g/mol. The van der Waals surface area contributed by atoms with Gasteiger partial charge in [0.2, 0.25) is 11.8 Å². The van der Waals surface area contributed by atoms with Crippen LogP contribution in [0.2, 0.25) is 5.02 Å². The standard InChI is InChI=1S/C22H24ClN3O5/c1-14(27)11-24-22(30)15-10-21(29)26(12-15)18-6-8-19(9-7-18)31-13-20(28)25-17-4-2-16(23)3-5-17/h2-9,14-15,27H,10-13H2,1H3,(H,24,30)(H,25,28)/t14-,15+/m0/s1. The predicted octanol–water partition coefficient (Wildman–Crippen LogP) is 2.21. The van der Waals surface area contributed by atoms with Gasteiger partial charge in [0.15, 0.2) is 6.61 Å². The largest absolute Gasteiger partial charge is 0.484 e. The minimum absolute atomic E-state index is 0.120. The zero-order valence-corrected chi connectivity index (χ0v) is 17.8. The van der Waals surface area contributed by atoms with Gasteiger partial charge >= 0.3 is 0 Å². The molecule has 0 aromatic heterocycles. The van der Waals surface area contributed by atoms with Crippen LogP contribution in [0.3, 0.4) is 0 Å². The van der Waals surface area contributed by atoms with Gasteiger partial charge in [-0.2, -0.15) is 0 Å². The average Bonchev–Trinajstić information content (AvgIpc) is 3.14. The van der Waals surface area contributed by atoms with Gasteiger partial charge in [-0.1, -0.05) is 11.6 Å². The van der Waals surface area contributed by atoms with Gasteiger partial charge in [-0.05, 0) is 55.5 Å². The van der Waals surface area contributed by atoms with Crippen molar-refractivity contribution in [3.63, 3.8) is 0 Å². The van der Waals surface area contributed by atoms with Crippen LogP contribution in [0.5, 0.6) is 5.75 Å². The number of aliphatic hydroxyl groups excluding tert-OH is 1. The molecule has 0 saturated carbocycles. The van der Waals surface area contributed by atoms with Crippen molar-refractivity contribution in [3.8, 4) is 5.75 Å². The maximum Gasteiger partial charge on any atom is 0.262 e. The van der Waals surface area contributed by atoms with Crippen LogP contribution in [0.15, 0.2) is 48.5 Å². The Morgan fingerprint density at radius 1 is 1.19 bits per heavy atom. The zero-order chi connectivity index (χ0) is 22.4. The number of aliphatic hydroxyl groups is 1.